The Kier molecular flexibility index (Phi) is 10.7. The lowest BCUT2D eigenvalue weighted by atomic mass is 10.1. The van der Waals surface area contributed by atoms with Crippen LogP contribution < -0.4 is 15.7 Å². The molecular weight excluding hydrogens is 416 g/mol. The van der Waals surface area contributed by atoms with Crippen molar-refractivity contribution in [2.45, 2.75) is 59.3 Å². The van der Waals surface area contributed by atoms with Gasteiger partial charge in [-0.3, -0.25) is 4.79 Å². The number of hydrogen-bond acceptors (Lipinski definition) is 4. The van der Waals surface area contributed by atoms with Crippen LogP contribution in [0.4, 0.5) is 0 Å². The van der Waals surface area contributed by atoms with Crippen LogP contribution in [0, 0.1) is 0 Å². The van der Waals surface area contributed by atoms with Crippen LogP contribution in [-0.2, 0) is 11.2 Å². The number of benzene rings is 1. The maximum atomic E-state index is 12.2. The Bertz CT molecular complexity index is 987. The van der Waals surface area contributed by atoms with E-state index in [4.69, 9.17) is 9.15 Å². The normalized spacial score (nSPS) is 11.4. The molecule has 0 saturated heterocycles. The quantitative estimate of drug-likeness (QED) is 0.191. The summed E-state index contributed by atoms with van der Waals surface area (Å²) < 4.78 is 12.3. The fourth-order valence-corrected chi connectivity index (χ4v) is 3.76. The molecule has 6 nitrogen and oxygen atoms in total. The first-order chi connectivity index (χ1) is 15.7. The number of nitrogens with one attached hydrogen (secondary N) is 1. The van der Waals surface area contributed by atoms with Gasteiger partial charge in [-0.1, -0.05) is 31.4 Å². The van der Waals surface area contributed by atoms with Gasteiger partial charge in [0.2, 0.25) is 0 Å². The van der Waals surface area contributed by atoms with Gasteiger partial charge in [-0.2, -0.15) is 0 Å². The number of carbonyl (C=O) groups excluding carboxylic acids is 1. The molecule has 6 heteroatoms. The maximum absolute atomic E-state index is 12.2. The fourth-order valence-electron chi connectivity index (χ4n) is 3.76. The Hall–Kier alpha value is -2.60. The highest BCUT2D eigenvalue weighted by Crippen LogP contribution is 2.28. The molecule has 1 aromatic carbocycles. The van der Waals surface area contributed by atoms with Crippen LogP contribution in [-0.4, -0.2) is 50.7 Å². The third kappa shape index (κ3) is 9.42. The molecule has 0 aliphatic heterocycles. The van der Waals surface area contributed by atoms with E-state index in [-0.39, 0.29) is 11.5 Å². The minimum Gasteiger partial charge on any atom is -0.493 e. The number of amides is 1. The van der Waals surface area contributed by atoms with Crippen molar-refractivity contribution in [3.05, 3.63) is 51.9 Å². The number of carbonyl (C=O) groups is 1. The van der Waals surface area contributed by atoms with Gasteiger partial charge in [0, 0.05) is 23.6 Å². The van der Waals surface area contributed by atoms with Gasteiger partial charge in [-0.15, -0.1) is 0 Å². The van der Waals surface area contributed by atoms with E-state index in [9.17, 15) is 9.59 Å². The fraction of sp³-hybridized carbons (Fsp3) is 0.556. The lowest BCUT2D eigenvalue weighted by molar-refractivity contribution is -0.882. The second-order valence-corrected chi connectivity index (χ2v) is 9.63. The van der Waals surface area contributed by atoms with E-state index >= 15 is 0 Å². The zero-order valence-corrected chi connectivity index (χ0v) is 21.0. The number of allylic oxidation sites excluding steroid dienone is 2. The van der Waals surface area contributed by atoms with E-state index in [2.05, 4.69) is 32.4 Å². The molecule has 1 N–H and O–H groups in total. The summed E-state index contributed by atoms with van der Waals surface area (Å²) in [6.45, 7) is 9.00. The van der Waals surface area contributed by atoms with Crippen molar-refractivity contribution >= 4 is 16.9 Å². The molecule has 2 aromatic rings. The largest absolute Gasteiger partial charge is 0.493 e. The third-order valence-electron chi connectivity index (χ3n) is 5.65. The van der Waals surface area contributed by atoms with E-state index < -0.39 is 0 Å². The standard InChI is InChI=1S/C27H40N2O4/c1-6-7-8-17-28-25(30)20-29(4,5)18-9-10-19-32-24-15-12-22-13-16-26(31)33-27(22)23(24)14-11-21(2)3/h11-13,15-16H,6-10,14,17-20H2,1-5H3/p+1. The lowest BCUT2D eigenvalue weighted by Gasteiger charge is -2.29. The molecule has 0 unspecified atom stereocenters. The second kappa shape index (κ2) is 13.2. The first kappa shape index (κ1) is 26.7. The first-order valence-electron chi connectivity index (χ1n) is 12.1. The van der Waals surface area contributed by atoms with E-state index in [1.165, 1.54) is 11.6 Å². The zero-order chi connectivity index (χ0) is 24.3. The van der Waals surface area contributed by atoms with Crippen molar-refractivity contribution in [3.63, 3.8) is 0 Å². The monoisotopic (exact) mass is 457 g/mol. The van der Waals surface area contributed by atoms with Crippen molar-refractivity contribution in [1.82, 2.24) is 5.32 Å². The number of fused-ring (bicyclic) bond motifs is 1. The molecule has 0 fully saturated rings. The summed E-state index contributed by atoms with van der Waals surface area (Å²) in [5.41, 5.74) is 2.35. The van der Waals surface area contributed by atoms with Gasteiger partial charge in [0.15, 0.2) is 6.54 Å². The summed E-state index contributed by atoms with van der Waals surface area (Å²) in [4.78, 5) is 24.0. The van der Waals surface area contributed by atoms with Crippen LogP contribution in [0.15, 0.2) is 45.1 Å². The molecule has 1 amide bonds. The maximum Gasteiger partial charge on any atom is 0.336 e. The van der Waals surface area contributed by atoms with Crippen LogP contribution in [0.2, 0.25) is 0 Å². The van der Waals surface area contributed by atoms with Crippen molar-refractivity contribution in [3.8, 4) is 5.75 Å². The molecule has 182 valence electrons. The van der Waals surface area contributed by atoms with E-state index in [1.54, 1.807) is 6.07 Å². The molecule has 0 spiro atoms. The number of rotatable bonds is 14. The summed E-state index contributed by atoms with van der Waals surface area (Å²) in [7, 11) is 4.19. The van der Waals surface area contributed by atoms with Crippen molar-refractivity contribution in [1.29, 1.82) is 0 Å². The molecule has 33 heavy (non-hydrogen) atoms. The van der Waals surface area contributed by atoms with Crippen LogP contribution in [0.25, 0.3) is 11.0 Å². The average molecular weight is 458 g/mol. The number of nitrogens with zero attached hydrogens (tertiary/aromatic N) is 1. The Labute approximate surface area is 198 Å². The Morgan fingerprint density at radius 2 is 1.85 bits per heavy atom. The zero-order valence-electron chi connectivity index (χ0n) is 21.0. The SMILES string of the molecule is CCCCCNC(=O)C[N+](C)(C)CCCCOc1ccc2ccc(=O)oc2c1CC=C(C)C. The van der Waals surface area contributed by atoms with Crippen LogP contribution >= 0.6 is 0 Å². The van der Waals surface area contributed by atoms with E-state index in [0.29, 0.717) is 29.6 Å². The van der Waals surface area contributed by atoms with Crippen molar-refractivity contribution < 1.29 is 18.4 Å². The van der Waals surface area contributed by atoms with Crippen molar-refractivity contribution in [2.24, 2.45) is 0 Å². The van der Waals surface area contributed by atoms with Crippen LogP contribution in [0.5, 0.6) is 5.75 Å². The third-order valence-corrected chi connectivity index (χ3v) is 5.65. The number of hydrogen-bond donors (Lipinski definition) is 1. The van der Waals surface area contributed by atoms with Gasteiger partial charge in [0.05, 0.1) is 27.2 Å². The Balaban J connectivity index is 1.89. The molecule has 0 aliphatic rings. The minimum absolute atomic E-state index is 0.119. The molecule has 2 rings (SSSR count). The number of ether oxygens (including phenoxy) is 1. The molecule has 1 aromatic heterocycles. The second-order valence-electron chi connectivity index (χ2n) is 9.63. The Morgan fingerprint density at radius 3 is 2.58 bits per heavy atom. The lowest BCUT2D eigenvalue weighted by Crippen LogP contribution is -2.48. The van der Waals surface area contributed by atoms with Gasteiger partial charge in [0.25, 0.3) is 5.91 Å². The van der Waals surface area contributed by atoms with E-state index in [0.717, 1.165) is 61.9 Å². The molecule has 0 saturated carbocycles. The Morgan fingerprint density at radius 1 is 1.09 bits per heavy atom. The molecule has 0 atom stereocenters. The van der Waals surface area contributed by atoms with Gasteiger partial charge in [0.1, 0.15) is 11.3 Å². The molecule has 0 aliphatic carbocycles. The molecular formula is C27H41N2O4+. The predicted octanol–water partition coefficient (Wildman–Crippen LogP) is 4.84. The number of quaternary nitrogens is 1. The smallest absolute Gasteiger partial charge is 0.336 e. The number of likely N-dealkylation sites (N-methyl/N-ethyl adjacent to an activating group) is 1. The van der Waals surface area contributed by atoms with Gasteiger partial charge in [-0.25, -0.2) is 4.79 Å². The predicted molar refractivity (Wildman–Crippen MR) is 135 cm³/mol. The van der Waals surface area contributed by atoms with Crippen LogP contribution in [0.3, 0.4) is 0 Å². The van der Waals surface area contributed by atoms with Gasteiger partial charge < -0.3 is 19.0 Å². The highest BCUT2D eigenvalue weighted by atomic mass is 16.5. The average Bonchev–Trinajstić information content (AvgIpc) is 2.74. The summed E-state index contributed by atoms with van der Waals surface area (Å²) in [5, 5.41) is 3.92. The van der Waals surface area contributed by atoms with Gasteiger partial charge >= 0.3 is 5.63 Å². The highest BCUT2D eigenvalue weighted by Gasteiger charge is 2.19. The topological polar surface area (TPSA) is 68.5 Å². The molecule has 0 radical (unpaired) electrons. The van der Waals surface area contributed by atoms with Crippen molar-refractivity contribution in [2.75, 3.05) is 40.3 Å². The summed E-state index contributed by atoms with van der Waals surface area (Å²) in [6, 6.07) is 7.12. The van der Waals surface area contributed by atoms with E-state index in [1.807, 2.05) is 26.0 Å². The summed E-state index contributed by atoms with van der Waals surface area (Å²) in [6.07, 6.45) is 7.96. The van der Waals surface area contributed by atoms with Gasteiger partial charge in [-0.05, 0) is 57.7 Å². The first-order valence-corrected chi connectivity index (χ1v) is 12.1. The van der Waals surface area contributed by atoms with Crippen LogP contribution in [0.1, 0.15) is 58.4 Å². The molecule has 0 bridgehead atoms. The molecule has 1 heterocycles. The number of unbranched alkanes of at least 4 members (excludes halogenated alkanes) is 3. The highest BCUT2D eigenvalue weighted by molar-refractivity contribution is 5.82. The minimum atomic E-state index is -0.354. The summed E-state index contributed by atoms with van der Waals surface area (Å²) in [5.74, 6) is 0.878. The summed E-state index contributed by atoms with van der Waals surface area (Å²) >= 11 is 0.